The van der Waals surface area contributed by atoms with Crippen molar-refractivity contribution in [3.05, 3.63) is 48.0 Å². The van der Waals surface area contributed by atoms with E-state index in [9.17, 15) is 0 Å². The number of nitrogens with one attached hydrogen (secondary N) is 1. The third kappa shape index (κ3) is 2.24. The van der Waals surface area contributed by atoms with Gasteiger partial charge in [0.1, 0.15) is 5.75 Å². The van der Waals surface area contributed by atoms with E-state index in [2.05, 4.69) is 47.8 Å². The molecule has 2 aromatic carbocycles. The molecule has 0 saturated carbocycles. The topological polar surface area (TPSA) is 21.3 Å². The van der Waals surface area contributed by atoms with Crippen LogP contribution in [0.4, 0.5) is 0 Å². The van der Waals surface area contributed by atoms with Crippen LogP contribution in [0.3, 0.4) is 0 Å². The van der Waals surface area contributed by atoms with Gasteiger partial charge in [-0.05, 0) is 41.9 Å². The van der Waals surface area contributed by atoms with Crippen LogP contribution in [-0.2, 0) is 0 Å². The molecule has 2 aromatic rings. The largest absolute Gasteiger partial charge is 0.496 e. The van der Waals surface area contributed by atoms with Crippen LogP contribution in [-0.4, -0.2) is 19.2 Å². The maximum absolute atomic E-state index is 5.51. The maximum Gasteiger partial charge on any atom is 0.126 e. The molecule has 2 aliphatic rings. The summed E-state index contributed by atoms with van der Waals surface area (Å²) < 4.78 is 5.51. The minimum absolute atomic E-state index is 0.563. The molecule has 108 valence electrons. The van der Waals surface area contributed by atoms with Crippen LogP contribution in [0.2, 0.25) is 0 Å². The zero-order valence-electron chi connectivity index (χ0n) is 12.4. The number of rotatable bonds is 2. The number of piperidine rings is 1. The molecule has 4 rings (SSSR count). The fourth-order valence-corrected chi connectivity index (χ4v) is 3.85. The van der Waals surface area contributed by atoms with E-state index in [-0.39, 0.29) is 0 Å². The van der Waals surface area contributed by atoms with Crippen molar-refractivity contribution in [2.75, 3.05) is 7.11 Å². The quantitative estimate of drug-likeness (QED) is 0.892. The summed E-state index contributed by atoms with van der Waals surface area (Å²) in [4.78, 5) is 0. The van der Waals surface area contributed by atoms with Crippen LogP contribution in [0.25, 0.3) is 16.3 Å². The highest BCUT2D eigenvalue weighted by molar-refractivity contribution is 5.97. The van der Waals surface area contributed by atoms with Crippen LogP contribution in [0, 0.1) is 0 Å². The minimum atomic E-state index is 0.563. The molecule has 1 N–H and O–H groups in total. The Morgan fingerprint density at radius 3 is 2.71 bits per heavy atom. The van der Waals surface area contributed by atoms with Gasteiger partial charge in [-0.2, -0.15) is 0 Å². The first kappa shape index (κ1) is 12.9. The monoisotopic (exact) mass is 279 g/mol. The third-order valence-electron chi connectivity index (χ3n) is 4.84. The summed E-state index contributed by atoms with van der Waals surface area (Å²) in [5.74, 6) is 0.962. The summed E-state index contributed by atoms with van der Waals surface area (Å²) >= 11 is 0. The lowest BCUT2D eigenvalue weighted by atomic mass is 9.83. The van der Waals surface area contributed by atoms with Crippen LogP contribution in [0.1, 0.15) is 31.2 Å². The first-order valence-electron chi connectivity index (χ1n) is 7.88. The van der Waals surface area contributed by atoms with E-state index in [0.717, 1.165) is 12.2 Å². The second-order valence-electron chi connectivity index (χ2n) is 6.16. The summed E-state index contributed by atoms with van der Waals surface area (Å²) in [6.45, 7) is 0. The highest BCUT2D eigenvalue weighted by Crippen LogP contribution is 2.37. The molecule has 21 heavy (non-hydrogen) atoms. The van der Waals surface area contributed by atoms with Crippen molar-refractivity contribution in [3.8, 4) is 5.75 Å². The van der Waals surface area contributed by atoms with Gasteiger partial charge in [0.2, 0.25) is 0 Å². The lowest BCUT2D eigenvalue weighted by Gasteiger charge is -2.35. The van der Waals surface area contributed by atoms with Gasteiger partial charge < -0.3 is 10.1 Å². The van der Waals surface area contributed by atoms with E-state index < -0.39 is 0 Å². The summed E-state index contributed by atoms with van der Waals surface area (Å²) in [6, 6.07) is 14.1. The molecule has 1 fully saturated rings. The molecule has 2 bridgehead atoms. The number of hydrogen-bond donors (Lipinski definition) is 1. The molecule has 0 amide bonds. The zero-order valence-corrected chi connectivity index (χ0v) is 12.4. The summed E-state index contributed by atoms with van der Waals surface area (Å²) in [5.41, 5.74) is 2.88. The van der Waals surface area contributed by atoms with Crippen molar-refractivity contribution in [1.82, 2.24) is 5.32 Å². The lowest BCUT2D eigenvalue weighted by Crippen LogP contribution is -2.44. The van der Waals surface area contributed by atoms with Gasteiger partial charge in [-0.15, -0.1) is 0 Å². The van der Waals surface area contributed by atoms with Gasteiger partial charge in [0.15, 0.2) is 0 Å². The van der Waals surface area contributed by atoms with E-state index >= 15 is 0 Å². The minimum Gasteiger partial charge on any atom is -0.496 e. The summed E-state index contributed by atoms with van der Waals surface area (Å²) in [7, 11) is 1.75. The lowest BCUT2D eigenvalue weighted by molar-refractivity contribution is 0.348. The fraction of sp³-hybridized carbons (Fsp3) is 0.368. The molecule has 0 radical (unpaired) electrons. The van der Waals surface area contributed by atoms with Crippen molar-refractivity contribution < 1.29 is 4.74 Å². The number of benzene rings is 2. The van der Waals surface area contributed by atoms with Gasteiger partial charge in [-0.25, -0.2) is 0 Å². The van der Waals surface area contributed by atoms with Crippen molar-refractivity contribution in [2.45, 2.75) is 37.8 Å². The van der Waals surface area contributed by atoms with Crippen molar-refractivity contribution in [2.24, 2.45) is 0 Å². The normalized spacial score (nSPS) is 24.7. The molecule has 0 spiro atoms. The Labute approximate surface area is 125 Å². The molecule has 0 aliphatic carbocycles. The second-order valence-corrected chi connectivity index (χ2v) is 6.16. The standard InChI is InChI=1S/C19H21NO/c1-21-19-10-9-16(17-7-2-3-8-18(17)19)13-11-14-5-4-6-15(12-13)20-14/h2-3,7-11,14-15,20H,4-6,12H2,1H3. The molecular weight excluding hydrogens is 258 g/mol. The number of methoxy groups -OCH3 is 1. The molecule has 0 aromatic heterocycles. The van der Waals surface area contributed by atoms with Gasteiger partial charge in [0, 0.05) is 17.5 Å². The molecule has 2 heterocycles. The number of ether oxygens (including phenoxy) is 1. The van der Waals surface area contributed by atoms with Gasteiger partial charge in [0.05, 0.1) is 7.11 Å². The SMILES string of the molecule is COc1ccc(C2=CC3CCCC(C2)N3)c2ccccc12. The Hall–Kier alpha value is -1.80. The molecule has 2 heteroatoms. The van der Waals surface area contributed by atoms with Crippen LogP contribution < -0.4 is 10.1 Å². The molecular formula is C19H21NO. The van der Waals surface area contributed by atoms with Crippen molar-refractivity contribution in [3.63, 3.8) is 0 Å². The Bertz CT molecular complexity index is 704. The summed E-state index contributed by atoms with van der Waals surface area (Å²) in [5, 5.41) is 6.24. The van der Waals surface area contributed by atoms with E-state index in [4.69, 9.17) is 4.74 Å². The van der Waals surface area contributed by atoms with Crippen LogP contribution >= 0.6 is 0 Å². The number of fused-ring (bicyclic) bond motifs is 3. The zero-order chi connectivity index (χ0) is 14.2. The Balaban J connectivity index is 1.85. The van der Waals surface area contributed by atoms with Gasteiger partial charge >= 0.3 is 0 Å². The van der Waals surface area contributed by atoms with E-state index in [0.29, 0.717) is 12.1 Å². The second kappa shape index (κ2) is 5.19. The molecule has 2 atom stereocenters. The van der Waals surface area contributed by atoms with E-state index in [1.54, 1.807) is 7.11 Å². The predicted octanol–water partition coefficient (Wildman–Crippen LogP) is 4.15. The molecule has 1 saturated heterocycles. The maximum atomic E-state index is 5.51. The van der Waals surface area contributed by atoms with E-state index in [1.165, 1.54) is 41.2 Å². The first-order chi connectivity index (χ1) is 10.3. The van der Waals surface area contributed by atoms with Gasteiger partial charge in [-0.1, -0.05) is 42.8 Å². The fourth-order valence-electron chi connectivity index (χ4n) is 3.85. The highest BCUT2D eigenvalue weighted by Gasteiger charge is 2.26. The van der Waals surface area contributed by atoms with Crippen molar-refractivity contribution in [1.29, 1.82) is 0 Å². The highest BCUT2D eigenvalue weighted by atomic mass is 16.5. The molecule has 2 aliphatic heterocycles. The summed E-state index contributed by atoms with van der Waals surface area (Å²) in [6.07, 6.45) is 7.53. The Kier molecular flexibility index (Phi) is 3.19. The van der Waals surface area contributed by atoms with E-state index in [1.807, 2.05) is 0 Å². The molecule has 2 nitrogen and oxygen atoms in total. The molecule has 2 unspecified atom stereocenters. The van der Waals surface area contributed by atoms with Gasteiger partial charge in [0.25, 0.3) is 0 Å². The third-order valence-corrected chi connectivity index (χ3v) is 4.84. The van der Waals surface area contributed by atoms with Crippen LogP contribution in [0.5, 0.6) is 5.75 Å². The van der Waals surface area contributed by atoms with Crippen molar-refractivity contribution >= 4 is 16.3 Å². The Morgan fingerprint density at radius 2 is 1.90 bits per heavy atom. The number of hydrogen-bond acceptors (Lipinski definition) is 2. The van der Waals surface area contributed by atoms with Gasteiger partial charge in [-0.3, -0.25) is 0 Å². The first-order valence-corrected chi connectivity index (χ1v) is 7.88. The predicted molar refractivity (Wildman–Crippen MR) is 87.7 cm³/mol. The Morgan fingerprint density at radius 1 is 1.05 bits per heavy atom. The van der Waals surface area contributed by atoms with Crippen LogP contribution in [0.15, 0.2) is 42.5 Å². The smallest absolute Gasteiger partial charge is 0.126 e. The average molecular weight is 279 g/mol. The average Bonchev–Trinajstić information content (AvgIpc) is 2.53.